The van der Waals surface area contributed by atoms with Gasteiger partial charge in [0.25, 0.3) is 0 Å². The van der Waals surface area contributed by atoms with Crippen LogP contribution in [0, 0.1) is 5.82 Å². The molecule has 0 aliphatic heterocycles. The van der Waals surface area contributed by atoms with E-state index in [1.165, 1.54) is 23.1 Å². The van der Waals surface area contributed by atoms with Crippen LogP contribution in [0.3, 0.4) is 0 Å². The van der Waals surface area contributed by atoms with E-state index < -0.39 is 5.97 Å². The highest BCUT2D eigenvalue weighted by molar-refractivity contribution is 5.93. The fourth-order valence-electron chi connectivity index (χ4n) is 3.84. The number of hydrogen-bond donors (Lipinski definition) is 1. The summed E-state index contributed by atoms with van der Waals surface area (Å²) in [5.74, 6) is -0.446. The molecule has 1 N–H and O–H groups in total. The molecule has 4 heteroatoms. The molecule has 0 atom stereocenters. The summed E-state index contributed by atoms with van der Waals surface area (Å²) in [4.78, 5) is 11.7. The van der Waals surface area contributed by atoms with Crippen LogP contribution in [0.15, 0.2) is 84.9 Å². The summed E-state index contributed by atoms with van der Waals surface area (Å²) >= 11 is 0. The molecule has 4 rings (SSSR count). The molecular weight excluding hydrogens is 403 g/mol. The molecule has 0 amide bonds. The lowest BCUT2D eigenvalue weighted by molar-refractivity contribution is 0.0696. The van der Waals surface area contributed by atoms with Crippen molar-refractivity contribution in [3.8, 4) is 16.9 Å². The number of rotatable bonds is 7. The highest BCUT2D eigenvalue weighted by Crippen LogP contribution is 2.26. The number of aromatic carboxylic acids is 1. The Kier molecular flexibility index (Phi) is 6.31. The second-order valence-electron chi connectivity index (χ2n) is 7.56. The van der Waals surface area contributed by atoms with Crippen LogP contribution < -0.4 is 4.74 Å². The maximum absolute atomic E-state index is 13.2. The van der Waals surface area contributed by atoms with Crippen molar-refractivity contribution < 1.29 is 19.0 Å². The van der Waals surface area contributed by atoms with Crippen LogP contribution in [0.2, 0.25) is 0 Å². The molecule has 0 radical (unpaired) electrons. The molecule has 160 valence electrons. The fourth-order valence-corrected chi connectivity index (χ4v) is 3.84. The number of methoxy groups -OCH3 is 1. The Hall–Kier alpha value is -3.92. The summed E-state index contributed by atoms with van der Waals surface area (Å²) in [7, 11) is 1.66. The van der Waals surface area contributed by atoms with E-state index in [0.29, 0.717) is 5.56 Å². The van der Waals surface area contributed by atoms with Crippen LogP contribution in [0.1, 0.15) is 27.9 Å². The predicted octanol–water partition coefficient (Wildman–Crippen LogP) is 7.00. The second-order valence-corrected chi connectivity index (χ2v) is 7.56. The minimum absolute atomic E-state index is 0.240. The zero-order valence-electron chi connectivity index (χ0n) is 17.7. The van der Waals surface area contributed by atoms with Gasteiger partial charge in [0.2, 0.25) is 0 Å². The molecule has 0 heterocycles. The Bertz CT molecular complexity index is 1290. The van der Waals surface area contributed by atoms with Crippen molar-refractivity contribution in [2.45, 2.75) is 12.8 Å². The molecule has 4 aromatic rings. The Labute approximate surface area is 186 Å². The quantitative estimate of drug-likeness (QED) is 0.346. The highest BCUT2D eigenvalue weighted by atomic mass is 19.1. The number of aryl methyl sites for hydroxylation is 1. The number of hydrogen-bond acceptors (Lipinski definition) is 2. The first-order valence-corrected chi connectivity index (χ1v) is 10.4. The first-order valence-electron chi connectivity index (χ1n) is 10.4. The molecule has 4 aromatic carbocycles. The second kappa shape index (κ2) is 9.48. The van der Waals surface area contributed by atoms with Crippen molar-refractivity contribution in [3.05, 3.63) is 107 Å². The van der Waals surface area contributed by atoms with Gasteiger partial charge in [-0.25, -0.2) is 9.18 Å². The summed E-state index contributed by atoms with van der Waals surface area (Å²) in [5.41, 5.74) is 3.78. The molecule has 0 unspecified atom stereocenters. The van der Waals surface area contributed by atoms with Crippen molar-refractivity contribution in [2.24, 2.45) is 0 Å². The number of carboxylic acids is 1. The Balaban J connectivity index is 1.55. The molecule has 32 heavy (non-hydrogen) atoms. The monoisotopic (exact) mass is 426 g/mol. The zero-order chi connectivity index (χ0) is 22.5. The molecule has 0 saturated heterocycles. The van der Waals surface area contributed by atoms with Crippen LogP contribution in [-0.4, -0.2) is 18.2 Å². The largest absolute Gasteiger partial charge is 0.497 e. The van der Waals surface area contributed by atoms with E-state index in [1.807, 2.05) is 36.4 Å². The number of benzene rings is 4. The summed E-state index contributed by atoms with van der Waals surface area (Å²) in [5, 5.41) is 11.9. The normalized spacial score (nSPS) is 11.2. The van der Waals surface area contributed by atoms with Crippen LogP contribution in [0.5, 0.6) is 5.75 Å². The smallest absolute Gasteiger partial charge is 0.336 e. The maximum Gasteiger partial charge on any atom is 0.336 e. The first-order chi connectivity index (χ1) is 15.5. The number of ether oxygens (including phenoxy) is 1. The standard InChI is InChI=1S/C28H23FO3/c1-32-25-14-16-26-20(7-4-8-23(26)18-25)5-2-3-6-22-17-21(11-15-27(22)28(30)31)19-9-12-24(29)13-10-19/h3-4,6-18H,2,5H2,1H3,(H,30,31). The van der Waals surface area contributed by atoms with E-state index in [0.717, 1.165) is 35.1 Å². The van der Waals surface area contributed by atoms with Crippen LogP contribution >= 0.6 is 0 Å². The predicted molar refractivity (Wildman–Crippen MR) is 127 cm³/mol. The van der Waals surface area contributed by atoms with Crippen molar-refractivity contribution in [1.29, 1.82) is 0 Å². The highest BCUT2D eigenvalue weighted by Gasteiger charge is 2.10. The van der Waals surface area contributed by atoms with Crippen LogP contribution in [0.4, 0.5) is 4.39 Å². The minimum Gasteiger partial charge on any atom is -0.497 e. The third-order valence-electron chi connectivity index (χ3n) is 5.52. The van der Waals surface area contributed by atoms with Gasteiger partial charge in [-0.1, -0.05) is 54.6 Å². The lowest BCUT2D eigenvalue weighted by Crippen LogP contribution is -1.99. The van der Waals surface area contributed by atoms with E-state index in [9.17, 15) is 14.3 Å². The number of fused-ring (bicyclic) bond motifs is 1. The average Bonchev–Trinajstić information content (AvgIpc) is 2.81. The van der Waals surface area contributed by atoms with E-state index in [4.69, 9.17) is 4.74 Å². The van der Waals surface area contributed by atoms with E-state index in [1.54, 1.807) is 31.4 Å². The molecule has 0 saturated carbocycles. The summed E-state index contributed by atoms with van der Waals surface area (Å²) in [6.07, 6.45) is 5.45. The molecule has 0 spiro atoms. The van der Waals surface area contributed by atoms with Crippen molar-refractivity contribution in [2.75, 3.05) is 7.11 Å². The number of carboxylic acid groups (broad SMARTS) is 1. The third kappa shape index (κ3) is 4.70. The van der Waals surface area contributed by atoms with Crippen molar-refractivity contribution >= 4 is 22.8 Å². The van der Waals surface area contributed by atoms with Gasteiger partial charge in [-0.3, -0.25) is 0 Å². The van der Waals surface area contributed by atoms with Gasteiger partial charge in [-0.05, 0) is 82.3 Å². The Morgan fingerprint density at radius 2 is 1.75 bits per heavy atom. The lowest BCUT2D eigenvalue weighted by atomic mass is 9.97. The third-order valence-corrected chi connectivity index (χ3v) is 5.52. The molecule has 0 aliphatic rings. The number of halogens is 1. The maximum atomic E-state index is 13.2. The number of allylic oxidation sites excluding steroid dienone is 1. The van der Waals surface area contributed by atoms with Gasteiger partial charge in [0.05, 0.1) is 12.7 Å². The van der Waals surface area contributed by atoms with Gasteiger partial charge in [-0.15, -0.1) is 0 Å². The first kappa shape index (κ1) is 21.3. The number of carbonyl (C=O) groups is 1. The topological polar surface area (TPSA) is 46.5 Å². The van der Waals surface area contributed by atoms with Gasteiger partial charge in [-0.2, -0.15) is 0 Å². The van der Waals surface area contributed by atoms with Gasteiger partial charge in [0, 0.05) is 0 Å². The fraction of sp³-hybridized carbons (Fsp3) is 0.107. The molecule has 0 aliphatic carbocycles. The Morgan fingerprint density at radius 3 is 2.50 bits per heavy atom. The summed E-state index contributed by atoms with van der Waals surface area (Å²) < 4.78 is 18.5. The van der Waals surface area contributed by atoms with E-state index in [2.05, 4.69) is 18.2 Å². The van der Waals surface area contributed by atoms with E-state index >= 15 is 0 Å². The van der Waals surface area contributed by atoms with Gasteiger partial charge < -0.3 is 9.84 Å². The lowest BCUT2D eigenvalue weighted by Gasteiger charge is -2.08. The van der Waals surface area contributed by atoms with Gasteiger partial charge in [0.15, 0.2) is 0 Å². The summed E-state index contributed by atoms with van der Waals surface area (Å²) in [6, 6.07) is 23.6. The molecule has 0 fully saturated rings. The van der Waals surface area contributed by atoms with Crippen LogP contribution in [0.25, 0.3) is 28.0 Å². The molecule has 0 bridgehead atoms. The van der Waals surface area contributed by atoms with E-state index in [-0.39, 0.29) is 11.4 Å². The van der Waals surface area contributed by atoms with Gasteiger partial charge in [0.1, 0.15) is 11.6 Å². The molecule has 3 nitrogen and oxygen atoms in total. The average molecular weight is 426 g/mol. The van der Waals surface area contributed by atoms with Crippen molar-refractivity contribution in [3.63, 3.8) is 0 Å². The SMILES string of the molecule is COc1ccc2c(CCC=Cc3cc(-c4ccc(F)cc4)ccc3C(=O)O)cccc2c1. The molecular formula is C28H23FO3. The minimum atomic E-state index is -0.974. The Morgan fingerprint density at radius 1 is 0.969 bits per heavy atom. The molecule has 0 aromatic heterocycles. The summed E-state index contributed by atoms with van der Waals surface area (Å²) in [6.45, 7) is 0. The van der Waals surface area contributed by atoms with Gasteiger partial charge >= 0.3 is 5.97 Å². The van der Waals surface area contributed by atoms with Crippen molar-refractivity contribution in [1.82, 2.24) is 0 Å². The zero-order valence-corrected chi connectivity index (χ0v) is 17.7. The van der Waals surface area contributed by atoms with Crippen LogP contribution in [-0.2, 0) is 6.42 Å².